The lowest BCUT2D eigenvalue weighted by Crippen LogP contribution is -2.38. The summed E-state index contributed by atoms with van der Waals surface area (Å²) in [5, 5.41) is 6.52. The third kappa shape index (κ3) is 7.17. The number of methoxy groups -OCH3 is 1. The van der Waals surface area contributed by atoms with E-state index in [1.165, 1.54) is 22.8 Å². The first-order chi connectivity index (χ1) is 10.8. The van der Waals surface area contributed by atoms with Crippen molar-refractivity contribution in [1.82, 2.24) is 10.6 Å². The summed E-state index contributed by atoms with van der Waals surface area (Å²) in [7, 11) is 3.47. The molecular weight excluding hydrogens is 423 g/mol. The fraction of sp³-hybridized carbons (Fsp3) is 0.562. The predicted molar refractivity (Wildman–Crippen MR) is 111 cm³/mol. The Bertz CT molecular complexity index is 464. The molecule has 1 saturated heterocycles. The van der Waals surface area contributed by atoms with Crippen LogP contribution in [0.5, 0.6) is 0 Å². The molecule has 5 nitrogen and oxygen atoms in total. The zero-order valence-electron chi connectivity index (χ0n) is 13.9. The molecule has 1 fully saturated rings. The SMILES string of the molecule is CN=C(NCCOC)NCc1ccc(N2CCSCC2)cc1.I. The summed E-state index contributed by atoms with van der Waals surface area (Å²) in [5.41, 5.74) is 2.58. The van der Waals surface area contributed by atoms with Crippen LogP contribution >= 0.6 is 35.7 Å². The van der Waals surface area contributed by atoms with E-state index in [4.69, 9.17) is 4.74 Å². The first-order valence-electron chi connectivity index (χ1n) is 7.68. The van der Waals surface area contributed by atoms with Crippen LogP contribution in [0.25, 0.3) is 0 Å². The van der Waals surface area contributed by atoms with Crippen LogP contribution in [0.3, 0.4) is 0 Å². The minimum Gasteiger partial charge on any atom is -0.383 e. The van der Waals surface area contributed by atoms with Crippen molar-refractivity contribution in [3.8, 4) is 0 Å². The third-order valence-corrected chi connectivity index (χ3v) is 4.54. The van der Waals surface area contributed by atoms with Crippen molar-refractivity contribution in [2.24, 2.45) is 4.99 Å². The molecule has 0 bridgehead atoms. The number of ether oxygens (including phenoxy) is 1. The average molecular weight is 450 g/mol. The Morgan fingerprint density at radius 3 is 2.52 bits per heavy atom. The number of halogens is 1. The van der Waals surface area contributed by atoms with Gasteiger partial charge in [0.1, 0.15) is 0 Å². The van der Waals surface area contributed by atoms with E-state index in [1.54, 1.807) is 14.2 Å². The quantitative estimate of drug-likeness (QED) is 0.301. The summed E-state index contributed by atoms with van der Waals surface area (Å²) >= 11 is 2.04. The standard InChI is InChI=1S/C16H26N4OS.HI/c1-17-16(18-7-10-21-2)19-13-14-3-5-15(6-4-14)20-8-11-22-12-9-20;/h3-6H,7-13H2,1-2H3,(H2,17,18,19);1H. The van der Waals surface area contributed by atoms with Gasteiger partial charge in [-0.2, -0.15) is 11.8 Å². The lowest BCUT2D eigenvalue weighted by molar-refractivity contribution is 0.203. The number of hydrogen-bond acceptors (Lipinski definition) is 4. The zero-order chi connectivity index (χ0) is 15.6. The van der Waals surface area contributed by atoms with E-state index in [0.717, 1.165) is 32.1 Å². The average Bonchev–Trinajstić information content (AvgIpc) is 2.59. The topological polar surface area (TPSA) is 48.9 Å². The van der Waals surface area contributed by atoms with Crippen molar-refractivity contribution >= 4 is 47.4 Å². The molecule has 1 aliphatic heterocycles. The van der Waals surface area contributed by atoms with Gasteiger partial charge in [0.2, 0.25) is 0 Å². The van der Waals surface area contributed by atoms with Crippen molar-refractivity contribution in [2.75, 3.05) is 56.8 Å². The fourth-order valence-corrected chi connectivity index (χ4v) is 3.23. The second-order valence-corrected chi connectivity index (χ2v) is 6.34. The first kappa shape index (κ1) is 20.4. The smallest absolute Gasteiger partial charge is 0.191 e. The Balaban J connectivity index is 0.00000264. The summed E-state index contributed by atoms with van der Waals surface area (Å²) in [6, 6.07) is 8.81. The molecule has 0 aromatic heterocycles. The van der Waals surface area contributed by atoms with Crippen LogP contribution in [0.4, 0.5) is 5.69 Å². The Morgan fingerprint density at radius 1 is 1.22 bits per heavy atom. The van der Waals surface area contributed by atoms with E-state index in [9.17, 15) is 0 Å². The molecule has 1 aromatic carbocycles. The molecule has 130 valence electrons. The molecule has 0 amide bonds. The highest BCUT2D eigenvalue weighted by atomic mass is 127. The minimum absolute atomic E-state index is 0. The normalized spacial score (nSPS) is 15.0. The third-order valence-electron chi connectivity index (χ3n) is 3.59. The Labute approximate surface area is 160 Å². The molecule has 2 N–H and O–H groups in total. The van der Waals surface area contributed by atoms with Crippen LogP contribution in [0.1, 0.15) is 5.56 Å². The highest BCUT2D eigenvalue weighted by Crippen LogP contribution is 2.19. The Morgan fingerprint density at radius 2 is 1.91 bits per heavy atom. The molecule has 1 aromatic rings. The highest BCUT2D eigenvalue weighted by molar-refractivity contribution is 14.0. The van der Waals surface area contributed by atoms with E-state index in [-0.39, 0.29) is 24.0 Å². The molecular formula is C16H27IN4OS. The largest absolute Gasteiger partial charge is 0.383 e. The zero-order valence-corrected chi connectivity index (χ0v) is 17.0. The van der Waals surface area contributed by atoms with Crippen LogP contribution in [-0.4, -0.2) is 57.9 Å². The van der Waals surface area contributed by atoms with Gasteiger partial charge in [0.15, 0.2) is 5.96 Å². The first-order valence-corrected chi connectivity index (χ1v) is 8.84. The van der Waals surface area contributed by atoms with Crippen molar-refractivity contribution < 1.29 is 4.74 Å². The molecule has 0 saturated carbocycles. The number of guanidine groups is 1. The summed E-state index contributed by atoms with van der Waals surface area (Å²) in [6.45, 7) is 4.49. The molecule has 23 heavy (non-hydrogen) atoms. The van der Waals surface area contributed by atoms with Crippen LogP contribution in [0.15, 0.2) is 29.3 Å². The van der Waals surface area contributed by atoms with Gasteiger partial charge >= 0.3 is 0 Å². The molecule has 2 rings (SSSR count). The number of nitrogens with one attached hydrogen (secondary N) is 2. The van der Waals surface area contributed by atoms with Crippen molar-refractivity contribution in [3.05, 3.63) is 29.8 Å². The van der Waals surface area contributed by atoms with Crippen LogP contribution in [-0.2, 0) is 11.3 Å². The highest BCUT2D eigenvalue weighted by Gasteiger charge is 2.10. The maximum atomic E-state index is 5.02. The molecule has 0 radical (unpaired) electrons. The Hall–Kier alpha value is -0.670. The molecule has 1 aliphatic rings. The number of aliphatic imine (C=N–C) groups is 1. The molecule has 0 atom stereocenters. The second-order valence-electron chi connectivity index (χ2n) is 5.11. The molecule has 7 heteroatoms. The number of rotatable bonds is 6. The summed E-state index contributed by atoms with van der Waals surface area (Å²) in [5.74, 6) is 3.26. The maximum Gasteiger partial charge on any atom is 0.191 e. The minimum atomic E-state index is 0. The van der Waals surface area contributed by atoms with Crippen molar-refractivity contribution in [2.45, 2.75) is 6.54 Å². The number of hydrogen-bond donors (Lipinski definition) is 2. The summed E-state index contributed by atoms with van der Waals surface area (Å²) in [4.78, 5) is 6.65. The van der Waals surface area contributed by atoms with E-state index in [1.807, 2.05) is 11.8 Å². The molecule has 0 spiro atoms. The second kappa shape index (κ2) is 11.8. The van der Waals surface area contributed by atoms with Gasteiger partial charge in [-0.05, 0) is 17.7 Å². The molecule has 0 aliphatic carbocycles. The van der Waals surface area contributed by atoms with Gasteiger partial charge in [-0.15, -0.1) is 24.0 Å². The number of thioether (sulfide) groups is 1. The molecule has 1 heterocycles. The van der Waals surface area contributed by atoms with Gasteiger partial charge in [-0.3, -0.25) is 4.99 Å². The van der Waals surface area contributed by atoms with Crippen LogP contribution < -0.4 is 15.5 Å². The maximum absolute atomic E-state index is 5.02. The summed E-state index contributed by atoms with van der Waals surface area (Å²) in [6.07, 6.45) is 0. The number of anilines is 1. The molecule has 0 unspecified atom stereocenters. The lowest BCUT2D eigenvalue weighted by Gasteiger charge is -2.28. The number of benzene rings is 1. The van der Waals surface area contributed by atoms with Gasteiger partial charge in [0.25, 0.3) is 0 Å². The van der Waals surface area contributed by atoms with E-state index < -0.39 is 0 Å². The lowest BCUT2D eigenvalue weighted by atomic mass is 10.2. The number of nitrogens with zero attached hydrogens (tertiary/aromatic N) is 2. The van der Waals surface area contributed by atoms with Crippen LogP contribution in [0, 0.1) is 0 Å². The van der Waals surface area contributed by atoms with Gasteiger partial charge in [-0.1, -0.05) is 12.1 Å². The van der Waals surface area contributed by atoms with Crippen molar-refractivity contribution in [1.29, 1.82) is 0 Å². The monoisotopic (exact) mass is 450 g/mol. The van der Waals surface area contributed by atoms with Gasteiger partial charge in [-0.25, -0.2) is 0 Å². The van der Waals surface area contributed by atoms with E-state index in [0.29, 0.717) is 6.61 Å². The van der Waals surface area contributed by atoms with Crippen LogP contribution in [0.2, 0.25) is 0 Å². The van der Waals surface area contributed by atoms with E-state index in [2.05, 4.69) is 44.8 Å². The fourth-order valence-electron chi connectivity index (χ4n) is 2.32. The van der Waals surface area contributed by atoms with Gasteiger partial charge in [0.05, 0.1) is 6.61 Å². The van der Waals surface area contributed by atoms with Crippen molar-refractivity contribution in [3.63, 3.8) is 0 Å². The summed E-state index contributed by atoms with van der Waals surface area (Å²) < 4.78 is 5.02. The Kier molecular flexibility index (Phi) is 10.5. The van der Waals surface area contributed by atoms with Gasteiger partial charge in [0, 0.05) is 57.5 Å². The predicted octanol–water partition coefficient (Wildman–Crippen LogP) is 2.17. The van der Waals surface area contributed by atoms with E-state index >= 15 is 0 Å². The van der Waals surface area contributed by atoms with Gasteiger partial charge < -0.3 is 20.3 Å².